The average molecular weight is 463 g/mol. The second-order valence-electron chi connectivity index (χ2n) is 13.9. The highest BCUT2D eigenvalue weighted by molar-refractivity contribution is 6.70. The van der Waals surface area contributed by atoms with Crippen molar-refractivity contribution in [3.8, 4) is 0 Å². The second kappa shape index (κ2) is 8.39. The lowest BCUT2D eigenvalue weighted by Crippen LogP contribution is -2.58. The van der Waals surface area contributed by atoms with Gasteiger partial charge in [-0.3, -0.25) is 0 Å². The highest BCUT2D eigenvalue weighted by Crippen LogP contribution is 2.67. The Hall–Kier alpha value is 0.0938. The van der Waals surface area contributed by atoms with E-state index in [0.717, 1.165) is 30.3 Å². The highest BCUT2D eigenvalue weighted by Gasteiger charge is 2.62. The first-order chi connectivity index (χ1) is 14.3. The first kappa shape index (κ1) is 24.2. The van der Waals surface area contributed by atoms with Gasteiger partial charge >= 0.3 is 0 Å². The molecule has 3 fully saturated rings. The summed E-state index contributed by atoms with van der Waals surface area (Å²) < 4.78 is 13.5. The van der Waals surface area contributed by atoms with Crippen molar-refractivity contribution in [2.45, 2.75) is 117 Å². The minimum absolute atomic E-state index is 0.395. The first-order valence-corrected chi connectivity index (χ1v) is 20.2. The largest absolute Gasteiger partial charge is 0.418 e. The van der Waals surface area contributed by atoms with Gasteiger partial charge in [0.2, 0.25) is 0 Å². The predicted octanol–water partition coefficient (Wildman–Crippen LogP) is 8.03. The van der Waals surface area contributed by atoms with Crippen LogP contribution in [0.25, 0.3) is 0 Å². The highest BCUT2D eigenvalue weighted by atomic mass is 28.4. The van der Waals surface area contributed by atoms with E-state index in [-0.39, 0.29) is 0 Å². The molecule has 7 atom stereocenters. The maximum atomic E-state index is 7.13. The Balaban J connectivity index is 1.62. The molecule has 0 heterocycles. The minimum Gasteiger partial charge on any atom is -0.418 e. The summed E-state index contributed by atoms with van der Waals surface area (Å²) in [7, 11) is -3.02. The van der Waals surface area contributed by atoms with Crippen molar-refractivity contribution in [1.29, 1.82) is 0 Å². The van der Waals surface area contributed by atoms with E-state index in [0.29, 0.717) is 16.9 Å². The molecule has 178 valence electrons. The molecule has 0 aliphatic heterocycles. The van der Waals surface area contributed by atoms with Crippen LogP contribution in [-0.4, -0.2) is 29.3 Å². The van der Waals surface area contributed by atoms with Crippen molar-refractivity contribution < 1.29 is 8.85 Å². The van der Waals surface area contributed by atoms with E-state index in [9.17, 15) is 0 Å². The Morgan fingerprint density at radius 3 is 2.42 bits per heavy atom. The van der Waals surface area contributed by atoms with Gasteiger partial charge < -0.3 is 8.85 Å². The summed E-state index contributed by atoms with van der Waals surface area (Å²) in [5.74, 6) is 3.33. The number of rotatable bonds is 6. The van der Waals surface area contributed by atoms with Gasteiger partial charge in [0.15, 0.2) is 16.6 Å². The van der Waals surface area contributed by atoms with E-state index < -0.39 is 16.6 Å². The zero-order valence-corrected chi connectivity index (χ0v) is 23.9. The van der Waals surface area contributed by atoms with Gasteiger partial charge in [-0.05, 0) is 132 Å². The van der Waals surface area contributed by atoms with Crippen LogP contribution in [0.15, 0.2) is 11.6 Å². The molecular weight excluding hydrogens is 412 g/mol. The molecule has 31 heavy (non-hydrogen) atoms. The molecular formula is C27H50O2Si2. The predicted molar refractivity (Wildman–Crippen MR) is 137 cm³/mol. The molecule has 0 aromatic carbocycles. The number of hydrogen-bond acceptors (Lipinski definition) is 2. The zero-order chi connectivity index (χ0) is 22.7. The van der Waals surface area contributed by atoms with E-state index in [1.807, 2.05) is 0 Å². The average Bonchev–Trinajstić information content (AvgIpc) is 2.94. The summed E-state index contributed by atoms with van der Waals surface area (Å²) in [6, 6.07) is 0. The van der Waals surface area contributed by atoms with Gasteiger partial charge in [-0.25, -0.2) is 0 Å². The third-order valence-corrected chi connectivity index (χ3v) is 11.7. The van der Waals surface area contributed by atoms with Crippen LogP contribution in [-0.2, 0) is 8.85 Å². The van der Waals surface area contributed by atoms with Crippen molar-refractivity contribution in [1.82, 2.24) is 0 Å². The first-order valence-electron chi connectivity index (χ1n) is 13.3. The monoisotopic (exact) mass is 462 g/mol. The fourth-order valence-electron chi connectivity index (χ4n) is 8.49. The molecule has 0 radical (unpaired) electrons. The molecule has 0 bridgehead atoms. The normalized spacial score (nSPS) is 43.1. The molecule has 3 saturated carbocycles. The van der Waals surface area contributed by atoms with E-state index in [1.54, 1.807) is 5.57 Å². The zero-order valence-electron chi connectivity index (χ0n) is 21.9. The van der Waals surface area contributed by atoms with Crippen LogP contribution >= 0.6 is 0 Å². The Labute approximate surface area is 195 Å². The maximum absolute atomic E-state index is 7.13. The molecule has 0 aromatic heterocycles. The Morgan fingerprint density at radius 1 is 1.00 bits per heavy atom. The molecule has 4 heteroatoms. The van der Waals surface area contributed by atoms with Crippen molar-refractivity contribution in [3.05, 3.63) is 11.6 Å². The molecule has 0 aromatic rings. The van der Waals surface area contributed by atoms with Crippen LogP contribution < -0.4 is 0 Å². The summed E-state index contributed by atoms with van der Waals surface area (Å²) in [5.41, 5.74) is 2.64. The van der Waals surface area contributed by atoms with Gasteiger partial charge in [0, 0.05) is 12.7 Å². The number of hydrogen-bond donors (Lipinski definition) is 0. The Morgan fingerprint density at radius 2 is 1.74 bits per heavy atom. The summed E-state index contributed by atoms with van der Waals surface area (Å²) in [5, 5.41) is 0. The van der Waals surface area contributed by atoms with Crippen LogP contribution in [0.3, 0.4) is 0 Å². The smallest absolute Gasteiger partial charge is 0.184 e. The summed E-state index contributed by atoms with van der Waals surface area (Å²) in [6.07, 6.45) is 15.4. The lowest BCUT2D eigenvalue weighted by Gasteiger charge is -2.61. The third-order valence-electron chi connectivity index (χ3n) is 9.64. The summed E-state index contributed by atoms with van der Waals surface area (Å²) in [6.45, 7) is 20.5. The van der Waals surface area contributed by atoms with Crippen molar-refractivity contribution in [2.75, 3.05) is 6.61 Å². The molecule has 4 rings (SSSR count). The third kappa shape index (κ3) is 4.70. The van der Waals surface area contributed by atoms with Crippen LogP contribution in [0.2, 0.25) is 39.3 Å². The number of allylic oxidation sites excluding steroid dienone is 2. The summed E-state index contributed by atoms with van der Waals surface area (Å²) >= 11 is 0. The van der Waals surface area contributed by atoms with Gasteiger partial charge in [-0.2, -0.15) is 0 Å². The van der Waals surface area contributed by atoms with Crippen LogP contribution in [0.1, 0.15) is 71.6 Å². The number of fused-ring (bicyclic) bond motifs is 5. The van der Waals surface area contributed by atoms with Crippen molar-refractivity contribution in [3.63, 3.8) is 0 Å². The van der Waals surface area contributed by atoms with Gasteiger partial charge in [0.25, 0.3) is 0 Å². The molecule has 2 nitrogen and oxygen atoms in total. The quantitative estimate of drug-likeness (QED) is 0.294. The standard InChI is InChI=1S/C27H50O2Si2/c1-26-17-10-9-11-20(26)12-14-22-23-15-13-21(16-18-28-30(3,4)5)27(23,2)19-24(25(22)26)29-31(6,7)8/h11,21-25H,9-10,12-19H2,1-8H3/t21-,22+,23+,24?,25-,26+,27-/m1/s1. The summed E-state index contributed by atoms with van der Waals surface area (Å²) in [4.78, 5) is 0. The van der Waals surface area contributed by atoms with Crippen LogP contribution in [0, 0.1) is 34.5 Å². The van der Waals surface area contributed by atoms with Crippen molar-refractivity contribution >= 4 is 16.6 Å². The van der Waals surface area contributed by atoms with Crippen LogP contribution in [0.5, 0.6) is 0 Å². The Kier molecular flexibility index (Phi) is 6.56. The lowest BCUT2D eigenvalue weighted by molar-refractivity contribution is -0.122. The van der Waals surface area contributed by atoms with E-state index in [1.165, 1.54) is 57.8 Å². The Bertz CT molecular complexity index is 690. The van der Waals surface area contributed by atoms with Gasteiger partial charge in [0.05, 0.1) is 0 Å². The minimum atomic E-state index is -1.60. The van der Waals surface area contributed by atoms with Gasteiger partial charge in [-0.15, -0.1) is 0 Å². The molecule has 4 aliphatic carbocycles. The fourth-order valence-corrected chi connectivity index (χ4v) is 10.4. The van der Waals surface area contributed by atoms with Crippen LogP contribution in [0.4, 0.5) is 0 Å². The van der Waals surface area contributed by atoms with Gasteiger partial charge in [0.1, 0.15) is 0 Å². The molecule has 1 unspecified atom stereocenters. The molecule has 0 saturated heterocycles. The lowest BCUT2D eigenvalue weighted by atomic mass is 9.46. The van der Waals surface area contributed by atoms with E-state index in [4.69, 9.17) is 8.85 Å². The molecule has 0 N–H and O–H groups in total. The van der Waals surface area contributed by atoms with E-state index >= 15 is 0 Å². The van der Waals surface area contributed by atoms with Crippen molar-refractivity contribution in [2.24, 2.45) is 34.5 Å². The molecule has 0 spiro atoms. The molecule has 4 aliphatic rings. The molecule has 0 amide bonds. The SMILES string of the molecule is C[C@]12CC(O[Si](C)(C)C)[C@H]3[C@@H](CCC4=CCCC[C@@]43C)[C@@H]1CC[C@@H]2CCO[Si](C)(C)C. The maximum Gasteiger partial charge on any atom is 0.184 e. The van der Waals surface area contributed by atoms with E-state index in [2.05, 4.69) is 59.2 Å². The van der Waals surface area contributed by atoms with Gasteiger partial charge in [-0.1, -0.05) is 25.5 Å². The topological polar surface area (TPSA) is 18.5 Å². The second-order valence-corrected chi connectivity index (χ2v) is 22.9. The fraction of sp³-hybridized carbons (Fsp3) is 0.926.